The van der Waals surface area contributed by atoms with Crippen molar-refractivity contribution in [3.05, 3.63) is 53.6 Å². The van der Waals surface area contributed by atoms with E-state index in [1.54, 1.807) is 6.07 Å². The summed E-state index contributed by atoms with van der Waals surface area (Å²) < 4.78 is 16.0. The van der Waals surface area contributed by atoms with Crippen molar-refractivity contribution in [1.29, 1.82) is 0 Å². The van der Waals surface area contributed by atoms with E-state index in [1.807, 2.05) is 0 Å². The number of hydrogen-bond donors (Lipinski definition) is 7. The monoisotopic (exact) mass is 478 g/mol. The number of rotatable bonds is 8. The summed E-state index contributed by atoms with van der Waals surface area (Å²) in [5.74, 6) is -2.00. The topological polar surface area (TPSA) is 186 Å². The van der Waals surface area contributed by atoms with Crippen LogP contribution in [0.3, 0.4) is 0 Å². The first-order chi connectivity index (χ1) is 16.2. The van der Waals surface area contributed by atoms with Crippen LogP contribution in [0.15, 0.2) is 42.5 Å². The van der Waals surface area contributed by atoms with Crippen LogP contribution in [0.4, 0.5) is 0 Å². The molecule has 5 atom stereocenters. The van der Waals surface area contributed by atoms with Crippen LogP contribution in [-0.4, -0.2) is 85.6 Å². The zero-order chi connectivity index (χ0) is 24.8. The summed E-state index contributed by atoms with van der Waals surface area (Å²) in [6.07, 6.45) is -4.53. The van der Waals surface area contributed by atoms with Crippen LogP contribution in [0.5, 0.6) is 23.0 Å². The third-order valence-corrected chi connectivity index (χ3v) is 5.18. The number of phenolic OH excluding ortho intramolecular Hbond substituents is 4. The third-order valence-electron chi connectivity index (χ3n) is 5.18. The van der Waals surface area contributed by atoms with Crippen molar-refractivity contribution in [2.24, 2.45) is 0 Å². The molecule has 0 amide bonds. The minimum Gasteiger partial charge on any atom is -0.504 e. The smallest absolute Gasteiger partial charge is 0.330 e. The highest BCUT2D eigenvalue weighted by atomic mass is 16.7. The largest absolute Gasteiger partial charge is 0.504 e. The molecule has 0 radical (unpaired) electrons. The average molecular weight is 478 g/mol. The van der Waals surface area contributed by atoms with Crippen LogP contribution in [0.25, 0.3) is 6.08 Å². The molecule has 34 heavy (non-hydrogen) atoms. The fraction of sp³-hybridized carbons (Fsp3) is 0.348. The van der Waals surface area contributed by atoms with Crippen molar-refractivity contribution in [2.75, 3.05) is 13.2 Å². The van der Waals surface area contributed by atoms with Crippen LogP contribution in [-0.2, 0) is 25.4 Å². The van der Waals surface area contributed by atoms with E-state index in [2.05, 4.69) is 0 Å². The standard InChI is InChI=1S/C23H26O11/c24-14-4-1-12(9-16(14)26)3-6-19(28)33-11-18-20(29)21(30)22(31)23(34-18)32-8-7-13-2-5-15(25)17(27)10-13/h1-6,9-10,18,20-27,29-31H,7-8,11H2/b6-3+. The Balaban J connectivity index is 1.52. The van der Waals surface area contributed by atoms with Gasteiger partial charge in [0.2, 0.25) is 0 Å². The number of hydrogen-bond acceptors (Lipinski definition) is 11. The van der Waals surface area contributed by atoms with E-state index in [4.69, 9.17) is 14.2 Å². The summed E-state index contributed by atoms with van der Waals surface area (Å²) in [5, 5.41) is 68.1. The molecule has 0 saturated carbocycles. The maximum Gasteiger partial charge on any atom is 0.330 e. The molecule has 1 aliphatic heterocycles. The van der Waals surface area contributed by atoms with Crippen molar-refractivity contribution in [3.8, 4) is 23.0 Å². The summed E-state index contributed by atoms with van der Waals surface area (Å²) in [4.78, 5) is 12.0. The Morgan fingerprint density at radius 3 is 2.24 bits per heavy atom. The van der Waals surface area contributed by atoms with E-state index < -0.39 is 43.3 Å². The lowest BCUT2D eigenvalue weighted by atomic mass is 9.99. The van der Waals surface area contributed by atoms with Gasteiger partial charge in [-0.15, -0.1) is 0 Å². The van der Waals surface area contributed by atoms with Gasteiger partial charge in [0.25, 0.3) is 0 Å². The molecule has 0 spiro atoms. The second-order valence-corrected chi connectivity index (χ2v) is 7.67. The first kappa shape index (κ1) is 25.3. The van der Waals surface area contributed by atoms with Crippen molar-refractivity contribution >= 4 is 12.0 Å². The molecule has 0 aromatic heterocycles. The lowest BCUT2D eigenvalue weighted by Gasteiger charge is -2.39. The second kappa shape index (κ2) is 11.2. The number of carbonyl (C=O) groups excluding carboxylic acids is 1. The van der Waals surface area contributed by atoms with E-state index in [9.17, 15) is 40.5 Å². The minimum atomic E-state index is -1.62. The molecule has 7 N–H and O–H groups in total. The van der Waals surface area contributed by atoms with E-state index >= 15 is 0 Å². The molecule has 1 saturated heterocycles. The van der Waals surface area contributed by atoms with Crippen LogP contribution in [0.2, 0.25) is 0 Å². The maximum atomic E-state index is 12.0. The second-order valence-electron chi connectivity index (χ2n) is 7.67. The zero-order valence-corrected chi connectivity index (χ0v) is 17.9. The van der Waals surface area contributed by atoms with Crippen LogP contribution < -0.4 is 0 Å². The SMILES string of the molecule is O=C(/C=C/c1ccc(O)c(O)c1)OCC1OC(OCCc2ccc(O)c(O)c2)C(O)C(O)C1O. The zero-order valence-electron chi connectivity index (χ0n) is 17.9. The van der Waals surface area contributed by atoms with E-state index in [0.717, 1.165) is 6.08 Å². The molecule has 0 aliphatic carbocycles. The van der Waals surface area contributed by atoms with Gasteiger partial charge in [-0.1, -0.05) is 12.1 Å². The summed E-state index contributed by atoms with van der Waals surface area (Å²) in [6.45, 7) is -0.426. The molecule has 11 heteroatoms. The highest BCUT2D eigenvalue weighted by Crippen LogP contribution is 2.27. The summed E-state index contributed by atoms with van der Waals surface area (Å²) in [5.41, 5.74) is 1.07. The van der Waals surface area contributed by atoms with E-state index in [0.29, 0.717) is 11.1 Å². The molecule has 2 aromatic rings. The predicted molar refractivity (Wildman–Crippen MR) is 116 cm³/mol. The molecule has 3 rings (SSSR count). The molecular formula is C23H26O11. The molecular weight excluding hydrogens is 452 g/mol. The van der Waals surface area contributed by atoms with Gasteiger partial charge in [-0.2, -0.15) is 0 Å². The summed E-state index contributed by atoms with van der Waals surface area (Å²) in [7, 11) is 0. The Hall–Kier alpha value is -3.35. The van der Waals surface area contributed by atoms with Gasteiger partial charge in [0.1, 0.15) is 31.0 Å². The van der Waals surface area contributed by atoms with Gasteiger partial charge in [-0.3, -0.25) is 0 Å². The Morgan fingerprint density at radius 1 is 0.882 bits per heavy atom. The Kier molecular flexibility index (Phi) is 8.31. The highest BCUT2D eigenvalue weighted by molar-refractivity contribution is 5.87. The van der Waals surface area contributed by atoms with E-state index in [1.165, 1.54) is 36.4 Å². The number of ether oxygens (including phenoxy) is 3. The Bertz CT molecular complexity index is 1020. The molecule has 0 bridgehead atoms. The lowest BCUT2D eigenvalue weighted by Crippen LogP contribution is -2.59. The van der Waals surface area contributed by atoms with Gasteiger partial charge in [-0.25, -0.2) is 4.79 Å². The molecule has 2 aromatic carbocycles. The van der Waals surface area contributed by atoms with Crippen LogP contribution >= 0.6 is 0 Å². The fourth-order valence-electron chi connectivity index (χ4n) is 3.23. The van der Waals surface area contributed by atoms with Crippen molar-refractivity contribution in [3.63, 3.8) is 0 Å². The van der Waals surface area contributed by atoms with Gasteiger partial charge in [0.05, 0.1) is 6.61 Å². The van der Waals surface area contributed by atoms with Gasteiger partial charge in [0, 0.05) is 6.08 Å². The Labute approximate surface area is 194 Å². The first-order valence-corrected chi connectivity index (χ1v) is 10.3. The molecule has 184 valence electrons. The van der Waals surface area contributed by atoms with Crippen molar-refractivity contribution in [1.82, 2.24) is 0 Å². The average Bonchev–Trinajstić information content (AvgIpc) is 2.81. The number of carbonyl (C=O) groups is 1. The predicted octanol–water partition coefficient (Wildman–Crippen LogP) is 0.132. The third kappa shape index (κ3) is 6.37. The van der Waals surface area contributed by atoms with Crippen molar-refractivity contribution < 1.29 is 54.8 Å². The fourth-order valence-corrected chi connectivity index (χ4v) is 3.23. The van der Waals surface area contributed by atoms with Gasteiger partial charge < -0.3 is 50.0 Å². The maximum absolute atomic E-state index is 12.0. The number of phenols is 4. The summed E-state index contributed by atoms with van der Waals surface area (Å²) >= 11 is 0. The minimum absolute atomic E-state index is 0.0173. The number of aliphatic hydroxyl groups is 3. The van der Waals surface area contributed by atoms with Gasteiger partial charge >= 0.3 is 5.97 Å². The normalized spacial score (nSPS) is 24.9. The summed E-state index contributed by atoms with van der Waals surface area (Å²) in [6, 6.07) is 8.21. The highest BCUT2D eigenvalue weighted by Gasteiger charge is 2.44. The number of aromatic hydroxyl groups is 4. The van der Waals surface area contributed by atoms with Crippen LogP contribution in [0.1, 0.15) is 11.1 Å². The molecule has 1 heterocycles. The van der Waals surface area contributed by atoms with E-state index in [-0.39, 0.29) is 36.0 Å². The number of esters is 1. The van der Waals surface area contributed by atoms with Gasteiger partial charge in [0.15, 0.2) is 29.3 Å². The molecule has 1 fully saturated rings. The quantitative estimate of drug-likeness (QED) is 0.155. The molecule has 1 aliphatic rings. The Morgan fingerprint density at radius 2 is 1.56 bits per heavy atom. The lowest BCUT2D eigenvalue weighted by molar-refractivity contribution is -0.301. The number of benzene rings is 2. The van der Waals surface area contributed by atoms with Crippen LogP contribution in [0, 0.1) is 0 Å². The number of aliphatic hydroxyl groups excluding tert-OH is 3. The molecule has 5 unspecified atom stereocenters. The van der Waals surface area contributed by atoms with Crippen molar-refractivity contribution in [2.45, 2.75) is 37.1 Å². The first-order valence-electron chi connectivity index (χ1n) is 10.3. The van der Waals surface area contributed by atoms with Gasteiger partial charge in [-0.05, 0) is 47.9 Å². The molecule has 11 nitrogen and oxygen atoms in total.